The first-order valence-electron chi connectivity index (χ1n) is 8.14. The normalized spacial score (nSPS) is 16.9. The number of ether oxygens (including phenoxy) is 2. The quantitative estimate of drug-likeness (QED) is 0.728. The van der Waals surface area contributed by atoms with Crippen molar-refractivity contribution in [2.24, 2.45) is 0 Å². The maximum Gasteiger partial charge on any atom is 0.267 e. The van der Waals surface area contributed by atoms with Crippen molar-refractivity contribution in [2.75, 3.05) is 20.3 Å². The number of nitrogens with zero attached hydrogens (tertiary/aromatic N) is 4. The van der Waals surface area contributed by atoms with Crippen molar-refractivity contribution in [3.05, 3.63) is 58.9 Å². The average Bonchev–Trinajstić information content (AvgIpc) is 3.33. The molecule has 4 rings (SSSR count). The number of hydrogen-bond acceptors (Lipinski definition) is 5. The van der Waals surface area contributed by atoms with Crippen molar-refractivity contribution >= 4 is 0 Å². The molecule has 3 heterocycles. The molecule has 0 unspecified atom stereocenters. The highest BCUT2D eigenvalue weighted by atomic mass is 16.5. The van der Waals surface area contributed by atoms with Crippen LogP contribution in [0.15, 0.2) is 53.3 Å². The van der Waals surface area contributed by atoms with Crippen molar-refractivity contribution in [2.45, 2.75) is 12.5 Å². The summed E-state index contributed by atoms with van der Waals surface area (Å²) in [6.45, 7) is 1.16. The van der Waals surface area contributed by atoms with E-state index in [4.69, 9.17) is 9.47 Å². The second-order valence-electron chi connectivity index (χ2n) is 5.84. The molecule has 1 aliphatic rings. The van der Waals surface area contributed by atoms with Crippen molar-refractivity contribution in [1.82, 2.24) is 19.6 Å². The fourth-order valence-electron chi connectivity index (χ4n) is 2.95. The highest BCUT2D eigenvalue weighted by Gasteiger charge is 2.21. The lowest BCUT2D eigenvalue weighted by Gasteiger charge is -2.12. The highest BCUT2D eigenvalue weighted by Crippen LogP contribution is 2.25. The van der Waals surface area contributed by atoms with Gasteiger partial charge in [-0.05, 0) is 24.6 Å². The van der Waals surface area contributed by atoms with Crippen molar-refractivity contribution in [1.29, 1.82) is 0 Å². The Hall–Kier alpha value is -2.93. The molecule has 1 fully saturated rings. The standard InChI is InChI=1S/C18H18N4O3/c1-24-17-11-16(21(20-17)13-5-3-2-4-6-13)15-7-8-18(23)22(19-15)14-9-10-25-12-14/h2-8,11,14H,9-10,12H2,1H3/t14-/m0/s1. The van der Waals surface area contributed by atoms with Crippen LogP contribution in [0.25, 0.3) is 17.1 Å². The van der Waals surface area contributed by atoms with E-state index in [1.165, 1.54) is 10.7 Å². The minimum absolute atomic E-state index is 0.0255. The summed E-state index contributed by atoms with van der Waals surface area (Å²) in [6, 6.07) is 14.8. The van der Waals surface area contributed by atoms with Crippen molar-refractivity contribution < 1.29 is 9.47 Å². The van der Waals surface area contributed by atoms with Crippen LogP contribution in [0.3, 0.4) is 0 Å². The van der Waals surface area contributed by atoms with Crippen LogP contribution in [0, 0.1) is 0 Å². The van der Waals surface area contributed by atoms with E-state index in [1.807, 2.05) is 36.4 Å². The number of rotatable bonds is 4. The minimum atomic E-state index is -0.128. The summed E-state index contributed by atoms with van der Waals surface area (Å²) in [5.74, 6) is 0.489. The van der Waals surface area contributed by atoms with E-state index in [-0.39, 0.29) is 11.6 Å². The third-order valence-electron chi connectivity index (χ3n) is 4.24. The van der Waals surface area contributed by atoms with Gasteiger partial charge in [0.2, 0.25) is 5.88 Å². The smallest absolute Gasteiger partial charge is 0.267 e. The van der Waals surface area contributed by atoms with Crippen LogP contribution in [0.5, 0.6) is 5.88 Å². The van der Waals surface area contributed by atoms with Crippen LogP contribution >= 0.6 is 0 Å². The van der Waals surface area contributed by atoms with Crippen LogP contribution in [-0.4, -0.2) is 39.9 Å². The van der Waals surface area contributed by atoms with Crippen LogP contribution in [0.2, 0.25) is 0 Å². The molecule has 0 bridgehead atoms. The zero-order valence-corrected chi connectivity index (χ0v) is 13.8. The lowest BCUT2D eigenvalue weighted by Crippen LogP contribution is -2.27. The first-order valence-corrected chi connectivity index (χ1v) is 8.14. The van der Waals surface area contributed by atoms with E-state index >= 15 is 0 Å². The maximum absolute atomic E-state index is 12.2. The minimum Gasteiger partial charge on any atom is -0.480 e. The van der Waals surface area contributed by atoms with Crippen LogP contribution in [0.1, 0.15) is 12.5 Å². The lowest BCUT2D eigenvalue weighted by molar-refractivity contribution is 0.183. The molecule has 7 nitrogen and oxygen atoms in total. The van der Waals surface area contributed by atoms with Gasteiger partial charge in [0.1, 0.15) is 5.69 Å². The summed E-state index contributed by atoms with van der Waals surface area (Å²) in [5, 5.41) is 9.03. The summed E-state index contributed by atoms with van der Waals surface area (Å²) in [7, 11) is 1.58. The van der Waals surface area contributed by atoms with Gasteiger partial charge in [-0.1, -0.05) is 18.2 Å². The number of benzene rings is 1. The largest absolute Gasteiger partial charge is 0.480 e. The van der Waals surface area contributed by atoms with Gasteiger partial charge in [0.25, 0.3) is 5.56 Å². The van der Waals surface area contributed by atoms with E-state index in [9.17, 15) is 4.79 Å². The molecule has 1 saturated heterocycles. The Balaban J connectivity index is 1.83. The Morgan fingerprint density at radius 2 is 2.00 bits per heavy atom. The van der Waals surface area contributed by atoms with E-state index < -0.39 is 0 Å². The predicted octanol–water partition coefficient (Wildman–Crippen LogP) is 2.07. The number of para-hydroxylation sites is 1. The molecule has 2 aromatic heterocycles. The molecule has 1 aromatic carbocycles. The van der Waals surface area contributed by atoms with Gasteiger partial charge < -0.3 is 9.47 Å². The Labute approximate surface area is 144 Å². The zero-order chi connectivity index (χ0) is 17.2. The molecule has 7 heteroatoms. The Morgan fingerprint density at radius 1 is 1.16 bits per heavy atom. The molecule has 0 spiro atoms. The van der Waals surface area contributed by atoms with E-state index in [1.54, 1.807) is 17.9 Å². The van der Waals surface area contributed by atoms with Crippen LogP contribution in [0.4, 0.5) is 0 Å². The monoisotopic (exact) mass is 338 g/mol. The Morgan fingerprint density at radius 3 is 2.72 bits per heavy atom. The Bertz CT molecular complexity index is 927. The van der Waals surface area contributed by atoms with Gasteiger partial charge in [0.15, 0.2) is 0 Å². The van der Waals surface area contributed by atoms with E-state index in [0.717, 1.165) is 17.8 Å². The van der Waals surface area contributed by atoms with Crippen molar-refractivity contribution in [3.63, 3.8) is 0 Å². The summed E-state index contributed by atoms with van der Waals surface area (Å²) < 4.78 is 13.9. The molecular weight excluding hydrogens is 320 g/mol. The topological polar surface area (TPSA) is 71.2 Å². The summed E-state index contributed by atoms with van der Waals surface area (Å²) in [4.78, 5) is 12.2. The van der Waals surface area contributed by atoms with E-state index in [2.05, 4.69) is 10.2 Å². The van der Waals surface area contributed by atoms with Gasteiger partial charge in [0, 0.05) is 18.7 Å². The van der Waals surface area contributed by atoms with Crippen LogP contribution in [-0.2, 0) is 4.74 Å². The highest BCUT2D eigenvalue weighted by molar-refractivity contribution is 5.59. The first-order chi connectivity index (χ1) is 12.3. The molecule has 0 aliphatic carbocycles. The summed E-state index contributed by atoms with van der Waals surface area (Å²) in [5.41, 5.74) is 2.18. The van der Waals surface area contributed by atoms with Gasteiger partial charge in [0.05, 0.1) is 31.1 Å². The fraction of sp³-hybridized carbons (Fsp3) is 0.278. The van der Waals surface area contributed by atoms with Crippen molar-refractivity contribution in [3.8, 4) is 23.0 Å². The lowest BCUT2D eigenvalue weighted by atomic mass is 10.2. The number of methoxy groups -OCH3 is 1. The van der Waals surface area contributed by atoms with Gasteiger partial charge in [-0.25, -0.2) is 9.36 Å². The fourth-order valence-corrected chi connectivity index (χ4v) is 2.95. The zero-order valence-electron chi connectivity index (χ0n) is 13.8. The number of hydrogen-bond donors (Lipinski definition) is 0. The third-order valence-corrected chi connectivity index (χ3v) is 4.24. The van der Waals surface area contributed by atoms with E-state index in [0.29, 0.717) is 24.8 Å². The average molecular weight is 338 g/mol. The summed E-state index contributed by atoms with van der Waals surface area (Å²) in [6.07, 6.45) is 0.789. The molecule has 3 aromatic rings. The number of aromatic nitrogens is 4. The molecule has 128 valence electrons. The molecule has 1 atom stereocenters. The SMILES string of the molecule is COc1cc(-c2ccc(=O)n([C@H]3CCOC3)n2)n(-c2ccccc2)n1. The molecule has 0 saturated carbocycles. The molecular formula is C18H18N4O3. The molecule has 0 amide bonds. The van der Waals surface area contributed by atoms with Gasteiger partial charge in [-0.15, -0.1) is 5.10 Å². The van der Waals surface area contributed by atoms with Gasteiger partial charge in [-0.3, -0.25) is 4.79 Å². The molecule has 0 N–H and O–H groups in total. The first kappa shape index (κ1) is 15.6. The van der Waals surface area contributed by atoms with Gasteiger partial charge >= 0.3 is 0 Å². The molecule has 25 heavy (non-hydrogen) atoms. The second kappa shape index (κ2) is 6.52. The molecule has 1 aliphatic heterocycles. The molecule has 0 radical (unpaired) electrons. The van der Waals surface area contributed by atoms with Gasteiger partial charge in [-0.2, -0.15) is 5.10 Å². The second-order valence-corrected chi connectivity index (χ2v) is 5.84. The third kappa shape index (κ3) is 2.94. The summed E-state index contributed by atoms with van der Waals surface area (Å²) >= 11 is 0. The maximum atomic E-state index is 12.2. The van der Waals surface area contributed by atoms with Crippen LogP contribution < -0.4 is 10.3 Å². The predicted molar refractivity (Wildman–Crippen MR) is 92.1 cm³/mol. The Kier molecular flexibility index (Phi) is 4.07.